The van der Waals surface area contributed by atoms with Crippen LogP contribution in [0.25, 0.3) is 0 Å². The molecule has 0 unspecified atom stereocenters. The van der Waals surface area contributed by atoms with Gasteiger partial charge >= 0.3 is 0 Å². The van der Waals surface area contributed by atoms with Crippen LogP contribution in [0.4, 0.5) is 0 Å². The van der Waals surface area contributed by atoms with Crippen molar-refractivity contribution in [2.45, 2.75) is 64.7 Å². The van der Waals surface area contributed by atoms with Gasteiger partial charge in [0.05, 0.1) is 0 Å². The van der Waals surface area contributed by atoms with Crippen molar-refractivity contribution in [1.82, 2.24) is 10.2 Å². The van der Waals surface area contributed by atoms with Crippen molar-refractivity contribution < 1.29 is 4.79 Å². The van der Waals surface area contributed by atoms with Gasteiger partial charge in [-0.1, -0.05) is 57.9 Å². The van der Waals surface area contributed by atoms with E-state index in [1.54, 1.807) is 0 Å². The number of carbonyl (C=O) groups excluding carboxylic acids is 1. The van der Waals surface area contributed by atoms with Crippen molar-refractivity contribution in [3.8, 4) is 0 Å². The van der Waals surface area contributed by atoms with Gasteiger partial charge < -0.3 is 10.2 Å². The molecule has 1 aliphatic rings. The maximum atomic E-state index is 12.0. The molecule has 2 rings (SSSR count). The van der Waals surface area contributed by atoms with Crippen molar-refractivity contribution in [3.05, 3.63) is 35.4 Å². The Labute approximate surface area is 147 Å². The lowest BCUT2D eigenvalue weighted by Gasteiger charge is -2.20. The molecule has 1 N–H and O–H groups in total. The summed E-state index contributed by atoms with van der Waals surface area (Å²) in [5.74, 6) is 0.171. The molecular weight excluding hydrogens is 296 g/mol. The first-order valence-corrected chi connectivity index (χ1v) is 9.53. The molecule has 134 valence electrons. The fourth-order valence-corrected chi connectivity index (χ4v) is 3.23. The van der Waals surface area contributed by atoms with Crippen LogP contribution in [0.3, 0.4) is 0 Å². The molecule has 1 aromatic carbocycles. The molecule has 1 fully saturated rings. The minimum absolute atomic E-state index is 0.171. The van der Waals surface area contributed by atoms with Crippen LogP contribution in [0.15, 0.2) is 24.3 Å². The number of carbonyl (C=O) groups is 1. The molecule has 1 aliphatic heterocycles. The Hall–Kier alpha value is -1.35. The van der Waals surface area contributed by atoms with E-state index in [1.807, 2.05) is 0 Å². The van der Waals surface area contributed by atoms with Crippen molar-refractivity contribution in [3.63, 3.8) is 0 Å². The molecular formula is C21H34N2O. The first kappa shape index (κ1) is 19.0. The van der Waals surface area contributed by atoms with Gasteiger partial charge in [-0.25, -0.2) is 0 Å². The number of nitrogens with zero attached hydrogens (tertiary/aromatic N) is 1. The largest absolute Gasteiger partial charge is 0.355 e. The summed E-state index contributed by atoms with van der Waals surface area (Å²) in [6.07, 6.45) is 6.72. The Kier molecular flexibility index (Phi) is 7.29. The molecule has 24 heavy (non-hydrogen) atoms. The zero-order chi connectivity index (χ0) is 17.4. The van der Waals surface area contributed by atoms with Crippen LogP contribution in [-0.2, 0) is 16.6 Å². The number of likely N-dealkylation sites (tertiary alicyclic amines) is 1. The average Bonchev–Trinajstić information content (AvgIpc) is 2.81. The van der Waals surface area contributed by atoms with Crippen molar-refractivity contribution >= 4 is 5.91 Å². The second kappa shape index (κ2) is 9.22. The van der Waals surface area contributed by atoms with E-state index in [9.17, 15) is 4.79 Å². The normalized spacial score (nSPS) is 16.6. The van der Waals surface area contributed by atoms with Crippen LogP contribution >= 0.6 is 0 Å². The van der Waals surface area contributed by atoms with Crippen LogP contribution in [0.2, 0.25) is 0 Å². The summed E-state index contributed by atoms with van der Waals surface area (Å²) in [4.78, 5) is 14.5. The lowest BCUT2D eigenvalue weighted by atomic mass is 9.86. The smallest absolute Gasteiger partial charge is 0.220 e. The van der Waals surface area contributed by atoms with Crippen molar-refractivity contribution in [2.24, 2.45) is 0 Å². The highest BCUT2D eigenvalue weighted by Gasteiger charge is 2.13. The van der Waals surface area contributed by atoms with Gasteiger partial charge in [0, 0.05) is 19.5 Å². The van der Waals surface area contributed by atoms with Gasteiger partial charge in [0.1, 0.15) is 0 Å². The van der Waals surface area contributed by atoms with E-state index in [2.05, 4.69) is 55.3 Å². The van der Waals surface area contributed by atoms with Crippen molar-refractivity contribution in [2.75, 3.05) is 26.2 Å². The Morgan fingerprint density at radius 3 is 2.25 bits per heavy atom. The maximum Gasteiger partial charge on any atom is 0.220 e. The SMILES string of the molecule is CC(C)(C)c1ccc(CCC(=O)NCCN2CCCCCC2)cc1. The zero-order valence-electron chi connectivity index (χ0n) is 15.7. The van der Waals surface area contributed by atoms with E-state index < -0.39 is 0 Å². The molecule has 1 heterocycles. The highest BCUT2D eigenvalue weighted by molar-refractivity contribution is 5.76. The summed E-state index contributed by atoms with van der Waals surface area (Å²) in [7, 11) is 0. The average molecular weight is 331 g/mol. The minimum Gasteiger partial charge on any atom is -0.355 e. The Bertz CT molecular complexity index is 494. The molecule has 0 radical (unpaired) electrons. The summed E-state index contributed by atoms with van der Waals surface area (Å²) in [6, 6.07) is 8.69. The highest BCUT2D eigenvalue weighted by Crippen LogP contribution is 2.22. The number of aryl methyl sites for hydroxylation is 1. The molecule has 0 spiro atoms. The molecule has 1 amide bonds. The van der Waals surface area contributed by atoms with Gasteiger partial charge in [0.25, 0.3) is 0 Å². The van der Waals surface area contributed by atoms with E-state index in [0.29, 0.717) is 6.42 Å². The predicted molar refractivity (Wildman–Crippen MR) is 101 cm³/mol. The van der Waals surface area contributed by atoms with E-state index in [-0.39, 0.29) is 11.3 Å². The number of hydrogen-bond acceptors (Lipinski definition) is 2. The number of amides is 1. The van der Waals surface area contributed by atoms with E-state index >= 15 is 0 Å². The number of rotatable bonds is 6. The maximum absolute atomic E-state index is 12.0. The molecule has 0 aliphatic carbocycles. The molecule has 1 aromatic rings. The quantitative estimate of drug-likeness (QED) is 0.858. The molecule has 3 nitrogen and oxygen atoms in total. The minimum atomic E-state index is 0.171. The van der Waals surface area contributed by atoms with E-state index in [0.717, 1.165) is 19.5 Å². The molecule has 0 bridgehead atoms. The monoisotopic (exact) mass is 330 g/mol. The van der Waals surface area contributed by atoms with Gasteiger partial charge in [-0.2, -0.15) is 0 Å². The molecule has 0 atom stereocenters. The summed E-state index contributed by atoms with van der Waals surface area (Å²) >= 11 is 0. The second-order valence-electron chi connectivity index (χ2n) is 8.05. The standard InChI is InChI=1S/C21H34N2O/c1-21(2,3)19-11-8-18(9-12-19)10-13-20(24)22-14-17-23-15-6-4-5-7-16-23/h8-9,11-12H,4-7,10,13-17H2,1-3H3,(H,22,24). The molecule has 1 saturated heterocycles. The lowest BCUT2D eigenvalue weighted by Crippen LogP contribution is -2.35. The van der Waals surface area contributed by atoms with Crippen molar-refractivity contribution in [1.29, 1.82) is 0 Å². The van der Waals surface area contributed by atoms with Gasteiger partial charge in [0.2, 0.25) is 5.91 Å². The first-order chi connectivity index (χ1) is 11.4. The summed E-state index contributed by atoms with van der Waals surface area (Å²) < 4.78 is 0. The summed E-state index contributed by atoms with van der Waals surface area (Å²) in [6.45, 7) is 10.8. The second-order valence-corrected chi connectivity index (χ2v) is 8.05. The van der Waals surface area contributed by atoms with E-state index in [1.165, 1.54) is 49.9 Å². The van der Waals surface area contributed by atoms with Crippen LogP contribution in [-0.4, -0.2) is 37.0 Å². The Balaban J connectivity index is 1.65. The van der Waals surface area contributed by atoms with Crippen LogP contribution in [0.5, 0.6) is 0 Å². The third-order valence-corrected chi connectivity index (χ3v) is 4.91. The Morgan fingerprint density at radius 2 is 1.67 bits per heavy atom. The molecule has 0 aromatic heterocycles. The number of hydrogen-bond donors (Lipinski definition) is 1. The summed E-state index contributed by atoms with van der Waals surface area (Å²) in [5, 5.41) is 3.08. The fourth-order valence-electron chi connectivity index (χ4n) is 3.23. The predicted octanol–water partition coefficient (Wildman–Crippen LogP) is 3.91. The van der Waals surface area contributed by atoms with Crippen LogP contribution in [0, 0.1) is 0 Å². The van der Waals surface area contributed by atoms with Gasteiger partial charge in [-0.05, 0) is 48.9 Å². The fraction of sp³-hybridized carbons (Fsp3) is 0.667. The van der Waals surface area contributed by atoms with Gasteiger partial charge in [0.15, 0.2) is 0 Å². The van der Waals surface area contributed by atoms with Gasteiger partial charge in [-0.15, -0.1) is 0 Å². The molecule has 0 saturated carbocycles. The summed E-state index contributed by atoms with van der Waals surface area (Å²) in [5.41, 5.74) is 2.77. The topological polar surface area (TPSA) is 32.3 Å². The number of benzene rings is 1. The van der Waals surface area contributed by atoms with Crippen LogP contribution in [0.1, 0.15) is 64.0 Å². The van der Waals surface area contributed by atoms with Gasteiger partial charge in [-0.3, -0.25) is 4.79 Å². The van der Waals surface area contributed by atoms with E-state index in [4.69, 9.17) is 0 Å². The third kappa shape index (κ3) is 6.64. The third-order valence-electron chi connectivity index (χ3n) is 4.91. The zero-order valence-corrected chi connectivity index (χ0v) is 15.7. The highest BCUT2D eigenvalue weighted by atomic mass is 16.1. The van der Waals surface area contributed by atoms with Crippen LogP contribution < -0.4 is 5.32 Å². The first-order valence-electron chi connectivity index (χ1n) is 9.53. The number of nitrogens with one attached hydrogen (secondary N) is 1. The lowest BCUT2D eigenvalue weighted by molar-refractivity contribution is -0.121. The molecule has 3 heteroatoms. The Morgan fingerprint density at radius 1 is 1.04 bits per heavy atom.